The molecule has 0 heterocycles. The highest BCUT2D eigenvalue weighted by atomic mass is 16.6. The summed E-state index contributed by atoms with van der Waals surface area (Å²) in [4.78, 5) is 21.7. The molecule has 0 bridgehead atoms. The van der Waals surface area contributed by atoms with Crippen molar-refractivity contribution in [2.24, 2.45) is 0 Å². The monoisotopic (exact) mass is 238 g/mol. The lowest BCUT2D eigenvalue weighted by Gasteiger charge is -2.10. The average Bonchev–Trinajstić information content (AvgIpc) is 2.21. The molecule has 1 aromatic rings. The van der Waals surface area contributed by atoms with Gasteiger partial charge in [0.05, 0.1) is 6.61 Å². The fourth-order valence-corrected chi connectivity index (χ4v) is 1.23. The normalized spacial score (nSPS) is 9.59. The summed E-state index contributed by atoms with van der Waals surface area (Å²) in [6, 6.07) is 4.55. The van der Waals surface area contributed by atoms with Crippen LogP contribution in [0.4, 0.5) is 0 Å². The second kappa shape index (κ2) is 5.89. The number of carbonyl (C=O) groups excluding carboxylic acids is 2. The molecule has 1 aromatic carbocycles. The van der Waals surface area contributed by atoms with Crippen molar-refractivity contribution in [3.05, 3.63) is 18.2 Å². The number of hydrogen-bond acceptors (Lipinski definition) is 5. The zero-order valence-corrected chi connectivity index (χ0v) is 9.98. The van der Waals surface area contributed by atoms with Gasteiger partial charge in [0.2, 0.25) is 0 Å². The third kappa shape index (κ3) is 4.14. The number of carbonyl (C=O) groups is 2. The van der Waals surface area contributed by atoms with E-state index in [-0.39, 0.29) is 0 Å². The van der Waals surface area contributed by atoms with Crippen molar-refractivity contribution in [3.63, 3.8) is 0 Å². The maximum absolute atomic E-state index is 10.9. The maximum Gasteiger partial charge on any atom is 0.308 e. The van der Waals surface area contributed by atoms with Gasteiger partial charge in [0, 0.05) is 19.9 Å². The molecule has 0 radical (unpaired) electrons. The van der Waals surface area contributed by atoms with Gasteiger partial charge in [-0.15, -0.1) is 0 Å². The molecule has 5 nitrogen and oxygen atoms in total. The van der Waals surface area contributed by atoms with Gasteiger partial charge in [-0.3, -0.25) is 9.59 Å². The Balaban J connectivity index is 2.98. The van der Waals surface area contributed by atoms with Crippen LogP contribution in [0.3, 0.4) is 0 Å². The molecule has 0 fully saturated rings. The molecule has 5 heteroatoms. The fraction of sp³-hybridized carbons (Fsp3) is 0.333. The van der Waals surface area contributed by atoms with Crippen molar-refractivity contribution >= 4 is 11.9 Å². The number of benzene rings is 1. The first kappa shape index (κ1) is 13.0. The highest BCUT2D eigenvalue weighted by molar-refractivity contribution is 5.72. The van der Waals surface area contributed by atoms with Gasteiger partial charge in [0.1, 0.15) is 5.75 Å². The molecular formula is C12H14O5. The van der Waals surface area contributed by atoms with E-state index >= 15 is 0 Å². The lowest BCUT2D eigenvalue weighted by atomic mass is 10.3. The summed E-state index contributed by atoms with van der Waals surface area (Å²) < 4.78 is 15.1. The highest BCUT2D eigenvalue weighted by Gasteiger charge is 2.10. The van der Waals surface area contributed by atoms with Crippen LogP contribution in [0.2, 0.25) is 0 Å². The van der Waals surface area contributed by atoms with Gasteiger partial charge >= 0.3 is 11.9 Å². The molecule has 0 unspecified atom stereocenters. The van der Waals surface area contributed by atoms with Crippen molar-refractivity contribution in [2.45, 2.75) is 20.8 Å². The number of esters is 2. The number of rotatable bonds is 4. The minimum atomic E-state index is -0.439. The largest absolute Gasteiger partial charge is 0.490 e. The van der Waals surface area contributed by atoms with Crippen molar-refractivity contribution < 1.29 is 23.8 Å². The Labute approximate surface area is 99.3 Å². The Morgan fingerprint density at radius 3 is 2.24 bits per heavy atom. The van der Waals surface area contributed by atoms with E-state index in [4.69, 9.17) is 14.2 Å². The zero-order valence-electron chi connectivity index (χ0n) is 9.98. The third-order valence-corrected chi connectivity index (χ3v) is 1.73. The van der Waals surface area contributed by atoms with Gasteiger partial charge in [-0.05, 0) is 19.1 Å². The minimum Gasteiger partial charge on any atom is -0.490 e. The Kier molecular flexibility index (Phi) is 4.51. The summed E-state index contributed by atoms with van der Waals surface area (Å²) in [5.41, 5.74) is 0. The molecule has 0 aliphatic rings. The maximum atomic E-state index is 10.9. The minimum absolute atomic E-state index is 0.301. The molecule has 92 valence electrons. The van der Waals surface area contributed by atoms with Gasteiger partial charge in [-0.2, -0.15) is 0 Å². The van der Waals surface area contributed by atoms with E-state index in [0.717, 1.165) is 0 Å². The first-order chi connectivity index (χ1) is 8.02. The summed E-state index contributed by atoms with van der Waals surface area (Å²) >= 11 is 0. The smallest absolute Gasteiger partial charge is 0.308 e. The van der Waals surface area contributed by atoms with E-state index in [1.807, 2.05) is 0 Å². The summed E-state index contributed by atoms with van der Waals surface area (Å²) in [5, 5.41) is 0. The molecular weight excluding hydrogens is 224 g/mol. The Bertz CT molecular complexity index is 425. The Morgan fingerprint density at radius 1 is 1.06 bits per heavy atom. The second-order valence-electron chi connectivity index (χ2n) is 3.23. The topological polar surface area (TPSA) is 61.8 Å². The summed E-state index contributed by atoms with van der Waals surface area (Å²) in [6.07, 6.45) is 0. The Morgan fingerprint density at radius 2 is 1.71 bits per heavy atom. The van der Waals surface area contributed by atoms with Crippen molar-refractivity contribution in [1.82, 2.24) is 0 Å². The molecule has 17 heavy (non-hydrogen) atoms. The molecule has 0 aromatic heterocycles. The van der Waals surface area contributed by atoms with Gasteiger partial charge < -0.3 is 14.2 Å². The molecule has 0 aliphatic heterocycles. The van der Waals surface area contributed by atoms with E-state index in [2.05, 4.69) is 0 Å². The predicted octanol–water partition coefficient (Wildman–Crippen LogP) is 1.94. The summed E-state index contributed by atoms with van der Waals surface area (Å²) in [6.45, 7) is 4.82. The van der Waals surface area contributed by atoms with Gasteiger partial charge in [-0.25, -0.2) is 0 Å². The molecule has 0 N–H and O–H groups in total. The van der Waals surface area contributed by atoms with Crippen LogP contribution < -0.4 is 14.2 Å². The van der Waals surface area contributed by atoms with Crippen LogP contribution in [-0.2, 0) is 9.59 Å². The average molecular weight is 238 g/mol. The lowest BCUT2D eigenvalue weighted by molar-refractivity contribution is -0.133. The van der Waals surface area contributed by atoms with Crippen molar-refractivity contribution in [2.75, 3.05) is 6.61 Å². The Hall–Kier alpha value is -2.04. The second-order valence-corrected chi connectivity index (χ2v) is 3.23. The van der Waals surface area contributed by atoms with Crippen LogP contribution in [0, 0.1) is 0 Å². The van der Waals surface area contributed by atoms with Crippen LogP contribution in [0.5, 0.6) is 17.2 Å². The summed E-state index contributed by atoms with van der Waals surface area (Å²) in [7, 11) is 0. The third-order valence-electron chi connectivity index (χ3n) is 1.73. The fourth-order valence-electron chi connectivity index (χ4n) is 1.23. The van der Waals surface area contributed by atoms with Crippen LogP contribution in [0.1, 0.15) is 20.8 Å². The van der Waals surface area contributed by atoms with Crippen LogP contribution in [0.15, 0.2) is 18.2 Å². The quantitative estimate of drug-likeness (QED) is 0.592. The number of ether oxygens (including phenoxy) is 3. The van der Waals surface area contributed by atoms with Gasteiger partial charge in [0.25, 0.3) is 0 Å². The van der Waals surface area contributed by atoms with Crippen molar-refractivity contribution in [1.29, 1.82) is 0 Å². The van der Waals surface area contributed by atoms with E-state index in [1.54, 1.807) is 6.92 Å². The standard InChI is InChI=1S/C12H14O5/c1-4-15-12-7-10(16-8(2)13)5-6-11(12)17-9(3)14/h5-7H,4H2,1-3H3. The van der Waals surface area contributed by atoms with Gasteiger partial charge in [0.15, 0.2) is 11.5 Å². The molecule has 0 spiro atoms. The first-order valence-corrected chi connectivity index (χ1v) is 5.16. The van der Waals surface area contributed by atoms with Crippen molar-refractivity contribution in [3.8, 4) is 17.2 Å². The highest BCUT2D eigenvalue weighted by Crippen LogP contribution is 2.31. The van der Waals surface area contributed by atoms with E-state index in [0.29, 0.717) is 23.9 Å². The van der Waals surface area contributed by atoms with Crippen LogP contribution in [0.25, 0.3) is 0 Å². The van der Waals surface area contributed by atoms with Gasteiger partial charge in [-0.1, -0.05) is 0 Å². The lowest BCUT2D eigenvalue weighted by Crippen LogP contribution is -2.05. The summed E-state index contributed by atoms with van der Waals surface area (Å²) in [5.74, 6) is 0.146. The molecule has 1 rings (SSSR count). The molecule has 0 saturated carbocycles. The SMILES string of the molecule is CCOc1cc(OC(C)=O)ccc1OC(C)=O. The molecule has 0 saturated heterocycles. The molecule has 0 aliphatic carbocycles. The van der Waals surface area contributed by atoms with E-state index in [9.17, 15) is 9.59 Å². The van der Waals surface area contributed by atoms with E-state index < -0.39 is 11.9 Å². The predicted molar refractivity (Wildman–Crippen MR) is 60.2 cm³/mol. The van der Waals surface area contributed by atoms with E-state index in [1.165, 1.54) is 32.0 Å². The first-order valence-electron chi connectivity index (χ1n) is 5.16. The molecule has 0 atom stereocenters. The van der Waals surface area contributed by atoms with Crippen LogP contribution in [-0.4, -0.2) is 18.5 Å². The number of hydrogen-bond donors (Lipinski definition) is 0. The zero-order chi connectivity index (χ0) is 12.8. The van der Waals surface area contributed by atoms with Crippen LogP contribution >= 0.6 is 0 Å². The molecule has 0 amide bonds.